The van der Waals surface area contributed by atoms with Crippen LogP contribution in [0.25, 0.3) is 10.8 Å². The summed E-state index contributed by atoms with van der Waals surface area (Å²) in [5, 5.41) is 0.788. The molecule has 0 radical (unpaired) electrons. The van der Waals surface area contributed by atoms with Crippen molar-refractivity contribution in [2.45, 2.75) is 83.5 Å². The number of carbonyl (C=O) groups is 1. The van der Waals surface area contributed by atoms with E-state index in [9.17, 15) is 13.6 Å². The summed E-state index contributed by atoms with van der Waals surface area (Å²) in [4.78, 5) is 11.8. The Kier molecular flexibility index (Phi) is 7.48. The summed E-state index contributed by atoms with van der Waals surface area (Å²) >= 11 is 0. The van der Waals surface area contributed by atoms with Crippen LogP contribution < -0.4 is 0 Å². The van der Waals surface area contributed by atoms with E-state index in [0.717, 1.165) is 31.3 Å². The topological polar surface area (TPSA) is 26.3 Å². The van der Waals surface area contributed by atoms with Crippen molar-refractivity contribution >= 4 is 16.7 Å². The predicted molar refractivity (Wildman–Crippen MR) is 125 cm³/mol. The van der Waals surface area contributed by atoms with E-state index in [1.54, 1.807) is 6.07 Å². The molecule has 2 aromatic rings. The van der Waals surface area contributed by atoms with Gasteiger partial charge < -0.3 is 4.74 Å². The van der Waals surface area contributed by atoms with Gasteiger partial charge in [-0.3, -0.25) is 0 Å². The highest BCUT2D eigenvalue weighted by molar-refractivity contribution is 5.96. The molecule has 2 aromatic carbocycles. The number of fused-ring (bicyclic) bond motifs is 2. The first-order valence-electron chi connectivity index (χ1n) is 12.5. The number of methoxy groups -OCH3 is 1. The van der Waals surface area contributed by atoms with Crippen molar-refractivity contribution in [3.05, 3.63) is 47.0 Å². The van der Waals surface area contributed by atoms with E-state index in [4.69, 9.17) is 0 Å². The molecule has 0 aromatic heterocycles. The van der Waals surface area contributed by atoms with E-state index < -0.39 is 23.2 Å². The lowest BCUT2D eigenvalue weighted by atomic mass is 9.63. The van der Waals surface area contributed by atoms with Gasteiger partial charge in [0, 0.05) is 5.39 Å². The Morgan fingerprint density at radius 2 is 1.78 bits per heavy atom. The zero-order valence-corrected chi connectivity index (χ0v) is 19.5. The highest BCUT2D eigenvalue weighted by Crippen LogP contribution is 2.48. The van der Waals surface area contributed by atoms with Crippen molar-refractivity contribution in [1.29, 1.82) is 0 Å². The van der Waals surface area contributed by atoms with Crippen LogP contribution in [-0.2, 0) is 4.74 Å². The van der Waals surface area contributed by atoms with E-state index in [2.05, 4.69) is 11.7 Å². The molecule has 2 saturated carbocycles. The van der Waals surface area contributed by atoms with Crippen molar-refractivity contribution in [1.82, 2.24) is 0 Å². The van der Waals surface area contributed by atoms with Gasteiger partial charge >= 0.3 is 5.97 Å². The molecule has 0 bridgehead atoms. The highest BCUT2D eigenvalue weighted by atomic mass is 19.1. The van der Waals surface area contributed by atoms with Gasteiger partial charge in [0.15, 0.2) is 0 Å². The summed E-state index contributed by atoms with van der Waals surface area (Å²) in [7, 11) is 1.13. The molecule has 2 aliphatic rings. The summed E-state index contributed by atoms with van der Waals surface area (Å²) in [6.07, 6.45) is 14.5. The maximum atomic E-state index is 14.8. The van der Waals surface area contributed by atoms with Crippen LogP contribution >= 0.6 is 0 Å². The molecule has 32 heavy (non-hydrogen) atoms. The fraction of sp³-hybridized carbons (Fsp3) is 0.607. The van der Waals surface area contributed by atoms with Gasteiger partial charge in [-0.1, -0.05) is 63.6 Å². The average molecular weight is 443 g/mol. The minimum Gasteiger partial charge on any atom is -0.465 e. The first-order chi connectivity index (χ1) is 15.5. The fourth-order valence-corrected chi connectivity index (χ4v) is 6.30. The second-order valence-corrected chi connectivity index (χ2v) is 10.1. The Bertz CT molecular complexity index is 954. The monoisotopic (exact) mass is 442 g/mol. The maximum Gasteiger partial charge on any atom is 0.343 e. The standard InChI is InChI=1S/C28H36F2O2/c1-3-4-5-6-7-18-8-9-20-15-21(11-10-19(20)14-18)22-12-13-24-23(16-22)17-25(29)26(27(24)30)28(31)32-2/h12-13,16-21H,3-11,14-15H2,1-2H3. The van der Waals surface area contributed by atoms with Crippen LogP contribution in [0, 0.1) is 29.4 Å². The Hall–Kier alpha value is -1.97. The largest absolute Gasteiger partial charge is 0.465 e. The van der Waals surface area contributed by atoms with E-state index in [-0.39, 0.29) is 5.39 Å². The van der Waals surface area contributed by atoms with Gasteiger partial charge in [-0.05, 0) is 72.8 Å². The number of hydrogen-bond donors (Lipinski definition) is 0. The number of benzene rings is 2. The molecular formula is C28H36F2O2. The quantitative estimate of drug-likeness (QED) is 0.319. The number of halogens is 2. The molecule has 4 rings (SSSR count). The lowest BCUT2D eigenvalue weighted by molar-refractivity contribution is 0.0590. The Balaban J connectivity index is 1.43. The number of ether oxygens (including phenoxy) is 1. The third kappa shape index (κ3) is 4.84. The lowest BCUT2D eigenvalue weighted by Gasteiger charge is -2.42. The Labute approximate surface area is 190 Å². The van der Waals surface area contributed by atoms with Crippen molar-refractivity contribution in [2.24, 2.45) is 17.8 Å². The number of carbonyl (C=O) groups excluding carboxylic acids is 1. The van der Waals surface area contributed by atoms with Crippen LogP contribution in [0.1, 0.15) is 99.4 Å². The number of esters is 1. The average Bonchev–Trinajstić information content (AvgIpc) is 2.81. The van der Waals surface area contributed by atoms with E-state index >= 15 is 0 Å². The normalized spacial score (nSPS) is 25.5. The summed E-state index contributed by atoms with van der Waals surface area (Å²) in [6.45, 7) is 2.27. The molecule has 0 saturated heterocycles. The van der Waals surface area contributed by atoms with Gasteiger partial charge in [-0.25, -0.2) is 13.6 Å². The molecule has 0 heterocycles. The van der Waals surface area contributed by atoms with Crippen molar-refractivity contribution in [2.75, 3.05) is 7.11 Å². The van der Waals surface area contributed by atoms with Gasteiger partial charge in [0.05, 0.1) is 7.11 Å². The second-order valence-electron chi connectivity index (χ2n) is 10.1. The van der Waals surface area contributed by atoms with Gasteiger partial charge in [-0.2, -0.15) is 0 Å². The SMILES string of the molecule is CCCCCCC1CCC2CC(c3ccc4c(F)c(C(=O)OC)c(F)cc4c3)CCC2C1. The first kappa shape index (κ1) is 23.2. The molecule has 2 nitrogen and oxygen atoms in total. The zero-order valence-electron chi connectivity index (χ0n) is 19.5. The zero-order chi connectivity index (χ0) is 22.7. The van der Waals surface area contributed by atoms with Gasteiger partial charge in [0.1, 0.15) is 17.2 Å². The van der Waals surface area contributed by atoms with E-state index in [0.29, 0.717) is 11.3 Å². The molecule has 2 fully saturated rings. The van der Waals surface area contributed by atoms with Gasteiger partial charge in [-0.15, -0.1) is 0 Å². The van der Waals surface area contributed by atoms with Crippen LogP contribution in [0.3, 0.4) is 0 Å². The minimum atomic E-state index is -0.981. The highest BCUT2D eigenvalue weighted by Gasteiger charge is 2.36. The minimum absolute atomic E-state index is 0.271. The molecule has 0 N–H and O–H groups in total. The van der Waals surface area contributed by atoms with E-state index in [1.807, 2.05) is 12.1 Å². The maximum absolute atomic E-state index is 14.8. The van der Waals surface area contributed by atoms with Crippen LogP contribution in [0.15, 0.2) is 24.3 Å². The molecule has 174 valence electrons. The number of unbranched alkanes of at least 4 members (excludes halogenated alkanes) is 3. The predicted octanol–water partition coefficient (Wildman–Crippen LogP) is 8.18. The third-order valence-electron chi connectivity index (χ3n) is 8.10. The molecule has 4 atom stereocenters. The molecular weight excluding hydrogens is 406 g/mol. The van der Waals surface area contributed by atoms with Crippen molar-refractivity contribution in [3.8, 4) is 0 Å². The van der Waals surface area contributed by atoms with Crippen molar-refractivity contribution in [3.63, 3.8) is 0 Å². The van der Waals surface area contributed by atoms with Gasteiger partial charge in [0.25, 0.3) is 0 Å². The second kappa shape index (κ2) is 10.3. The molecule has 0 spiro atoms. The first-order valence-corrected chi connectivity index (χ1v) is 12.5. The molecule has 4 heteroatoms. The summed E-state index contributed by atoms with van der Waals surface area (Å²) in [6, 6.07) is 6.86. The fourth-order valence-electron chi connectivity index (χ4n) is 6.30. The van der Waals surface area contributed by atoms with E-state index in [1.165, 1.54) is 75.8 Å². The van der Waals surface area contributed by atoms with Crippen LogP contribution in [-0.4, -0.2) is 13.1 Å². The lowest BCUT2D eigenvalue weighted by Crippen LogP contribution is -2.30. The third-order valence-corrected chi connectivity index (χ3v) is 8.10. The molecule has 0 aliphatic heterocycles. The Morgan fingerprint density at radius 1 is 1.00 bits per heavy atom. The number of hydrogen-bond acceptors (Lipinski definition) is 2. The van der Waals surface area contributed by atoms with Crippen LogP contribution in [0.5, 0.6) is 0 Å². The Morgan fingerprint density at radius 3 is 2.56 bits per heavy atom. The summed E-state index contributed by atoms with van der Waals surface area (Å²) < 4.78 is 33.8. The van der Waals surface area contributed by atoms with Gasteiger partial charge in [0.2, 0.25) is 0 Å². The summed E-state index contributed by atoms with van der Waals surface area (Å²) in [5.41, 5.74) is 0.557. The number of rotatable bonds is 7. The molecule has 4 unspecified atom stereocenters. The smallest absolute Gasteiger partial charge is 0.343 e. The molecule has 2 aliphatic carbocycles. The summed E-state index contributed by atoms with van der Waals surface area (Å²) in [5.74, 6) is 0.332. The molecule has 0 amide bonds. The van der Waals surface area contributed by atoms with Crippen LogP contribution in [0.4, 0.5) is 8.78 Å². The van der Waals surface area contributed by atoms with Crippen LogP contribution in [0.2, 0.25) is 0 Å². The van der Waals surface area contributed by atoms with Crippen molar-refractivity contribution < 1.29 is 18.3 Å².